The second kappa shape index (κ2) is 6.91. The number of aromatic nitrogens is 5. The lowest BCUT2D eigenvalue weighted by atomic mass is 10.1. The number of imidazole rings is 1. The number of hydrogen-bond donors (Lipinski definition) is 2. The van der Waals surface area contributed by atoms with Crippen LogP contribution in [-0.4, -0.2) is 24.7 Å². The molecule has 0 saturated carbocycles. The highest BCUT2D eigenvalue weighted by atomic mass is 19.4. The van der Waals surface area contributed by atoms with Crippen molar-refractivity contribution in [2.75, 3.05) is 5.32 Å². The zero-order valence-corrected chi connectivity index (χ0v) is 16.4. The zero-order valence-electron chi connectivity index (χ0n) is 16.4. The van der Waals surface area contributed by atoms with E-state index < -0.39 is 17.7 Å². The van der Waals surface area contributed by atoms with E-state index in [4.69, 9.17) is 5.26 Å². The minimum atomic E-state index is -4.76. The summed E-state index contributed by atoms with van der Waals surface area (Å²) in [6.45, 7) is 1.11. The fourth-order valence-electron chi connectivity index (χ4n) is 3.79. The summed E-state index contributed by atoms with van der Waals surface area (Å²) in [6.07, 6.45) is -3.21. The van der Waals surface area contributed by atoms with E-state index in [1.165, 1.54) is 25.1 Å². The maximum Gasteiger partial charge on any atom is 0.435 e. The van der Waals surface area contributed by atoms with Gasteiger partial charge in [-0.15, -0.1) is 0 Å². The summed E-state index contributed by atoms with van der Waals surface area (Å²) in [5.74, 6) is -0.148. The summed E-state index contributed by atoms with van der Waals surface area (Å²) in [5.41, 5.74) is 0.988. The van der Waals surface area contributed by atoms with Gasteiger partial charge in [0.2, 0.25) is 0 Å². The largest absolute Gasteiger partial charge is 0.435 e. The Morgan fingerprint density at radius 1 is 1.19 bits per heavy atom. The van der Waals surface area contributed by atoms with E-state index >= 15 is 0 Å². The molecule has 0 bridgehead atoms. The van der Waals surface area contributed by atoms with Crippen LogP contribution < -0.4 is 5.32 Å². The molecule has 11 heteroatoms. The van der Waals surface area contributed by atoms with Gasteiger partial charge in [-0.25, -0.2) is 14.4 Å². The molecule has 32 heavy (non-hydrogen) atoms. The van der Waals surface area contributed by atoms with E-state index in [0.29, 0.717) is 34.0 Å². The van der Waals surface area contributed by atoms with Crippen molar-refractivity contribution in [3.63, 3.8) is 0 Å². The standard InChI is InChI=1S/C21H13F4N7/c1-10-15(18(21(23,24)25)31-32(10)8-6-26)20-29-16-12-5-4-11(22)9-14(12)28-19-13(17(16)30-20)3-2-7-27-19/h2-5,7,9H,8H2,1H3,(H,27,28)(H,29,30). The summed E-state index contributed by atoms with van der Waals surface area (Å²) in [5, 5.41) is 15.6. The predicted octanol–water partition coefficient (Wildman–Crippen LogP) is 5.05. The molecule has 3 aromatic heterocycles. The first-order valence-electron chi connectivity index (χ1n) is 9.42. The first-order valence-corrected chi connectivity index (χ1v) is 9.42. The summed E-state index contributed by atoms with van der Waals surface area (Å²) >= 11 is 0. The third-order valence-corrected chi connectivity index (χ3v) is 5.20. The van der Waals surface area contributed by atoms with Crippen LogP contribution in [0.15, 0.2) is 36.5 Å². The average molecular weight is 439 g/mol. The number of pyridine rings is 1. The van der Waals surface area contributed by atoms with Crippen LogP contribution in [0.5, 0.6) is 0 Å². The maximum absolute atomic E-state index is 13.9. The number of nitrogens with zero attached hydrogens (tertiary/aromatic N) is 5. The van der Waals surface area contributed by atoms with Crippen molar-refractivity contribution in [3.05, 3.63) is 53.7 Å². The first-order chi connectivity index (χ1) is 15.3. The highest BCUT2D eigenvalue weighted by Gasteiger charge is 2.40. The molecule has 0 aliphatic carbocycles. The Hall–Kier alpha value is -4.20. The number of H-pyrrole nitrogens is 1. The van der Waals surface area contributed by atoms with Crippen LogP contribution >= 0.6 is 0 Å². The van der Waals surface area contributed by atoms with Crippen molar-refractivity contribution < 1.29 is 17.6 Å². The Kier molecular flexibility index (Phi) is 4.27. The molecule has 1 aromatic carbocycles. The van der Waals surface area contributed by atoms with Crippen LogP contribution in [-0.2, 0) is 12.7 Å². The maximum atomic E-state index is 13.9. The van der Waals surface area contributed by atoms with Gasteiger partial charge in [-0.05, 0) is 37.3 Å². The van der Waals surface area contributed by atoms with Crippen LogP contribution in [0.1, 0.15) is 11.4 Å². The van der Waals surface area contributed by atoms with Gasteiger partial charge in [-0.2, -0.15) is 23.5 Å². The Bertz CT molecular complexity index is 1410. The molecule has 5 rings (SSSR count). The lowest BCUT2D eigenvalue weighted by molar-refractivity contribution is -0.141. The summed E-state index contributed by atoms with van der Waals surface area (Å²) in [4.78, 5) is 11.7. The second-order valence-corrected chi connectivity index (χ2v) is 7.15. The molecule has 1 aliphatic rings. The van der Waals surface area contributed by atoms with E-state index in [2.05, 4.69) is 25.4 Å². The van der Waals surface area contributed by atoms with Crippen molar-refractivity contribution in [1.82, 2.24) is 24.7 Å². The number of aromatic amines is 1. The number of rotatable bonds is 2. The Morgan fingerprint density at radius 3 is 2.75 bits per heavy atom. The number of anilines is 2. The number of halogens is 4. The topological polar surface area (TPSA) is 95.2 Å². The van der Waals surface area contributed by atoms with Crippen molar-refractivity contribution in [2.45, 2.75) is 19.6 Å². The Balaban J connectivity index is 1.81. The van der Waals surface area contributed by atoms with Crippen molar-refractivity contribution in [3.8, 4) is 40.0 Å². The molecule has 1 aliphatic heterocycles. The molecule has 7 nitrogen and oxygen atoms in total. The van der Waals surface area contributed by atoms with Crippen LogP contribution in [0.2, 0.25) is 0 Å². The second-order valence-electron chi connectivity index (χ2n) is 7.15. The van der Waals surface area contributed by atoms with Crippen LogP contribution in [0, 0.1) is 24.1 Å². The Labute approximate surface area is 178 Å². The lowest BCUT2D eigenvalue weighted by Gasteiger charge is -2.09. The molecule has 0 spiro atoms. The van der Waals surface area contributed by atoms with Crippen LogP contribution in [0.3, 0.4) is 0 Å². The fourth-order valence-corrected chi connectivity index (χ4v) is 3.79. The number of fused-ring (bicyclic) bond motifs is 5. The number of benzene rings is 1. The SMILES string of the molecule is Cc1c(-c2nc3c([nH]2)-c2ccc(F)cc2Nc2ncccc2-3)c(C(F)(F)F)nn1CC#N. The van der Waals surface area contributed by atoms with Gasteiger partial charge in [0, 0.05) is 23.0 Å². The average Bonchev–Trinajstić information content (AvgIpc) is 3.27. The smallest absolute Gasteiger partial charge is 0.339 e. The zero-order chi connectivity index (χ0) is 22.6. The molecule has 0 fully saturated rings. The van der Waals surface area contributed by atoms with E-state index in [1.807, 2.05) is 6.07 Å². The molecule has 0 radical (unpaired) electrons. The van der Waals surface area contributed by atoms with E-state index in [9.17, 15) is 17.6 Å². The lowest BCUT2D eigenvalue weighted by Crippen LogP contribution is -2.09. The van der Waals surface area contributed by atoms with Gasteiger partial charge in [-0.3, -0.25) is 4.68 Å². The molecular formula is C21H13F4N7. The molecule has 4 aromatic rings. The summed E-state index contributed by atoms with van der Waals surface area (Å²) in [7, 11) is 0. The van der Waals surface area contributed by atoms with E-state index in [0.717, 1.165) is 4.68 Å². The predicted molar refractivity (Wildman–Crippen MR) is 107 cm³/mol. The quantitative estimate of drug-likeness (QED) is 0.376. The third kappa shape index (κ3) is 2.99. The number of hydrogen-bond acceptors (Lipinski definition) is 5. The van der Waals surface area contributed by atoms with Crippen molar-refractivity contribution in [1.29, 1.82) is 5.26 Å². The Morgan fingerprint density at radius 2 is 2.00 bits per heavy atom. The highest BCUT2D eigenvalue weighted by Crippen LogP contribution is 2.45. The van der Waals surface area contributed by atoms with Crippen LogP contribution in [0.4, 0.5) is 29.1 Å². The van der Waals surface area contributed by atoms with E-state index in [-0.39, 0.29) is 23.6 Å². The fraction of sp³-hybridized carbons (Fsp3) is 0.143. The van der Waals surface area contributed by atoms with Crippen molar-refractivity contribution in [2.24, 2.45) is 0 Å². The van der Waals surface area contributed by atoms with Gasteiger partial charge in [0.15, 0.2) is 5.69 Å². The molecule has 4 heterocycles. The molecule has 0 amide bonds. The number of nitriles is 1. The molecule has 0 saturated heterocycles. The molecule has 2 N–H and O–H groups in total. The van der Waals surface area contributed by atoms with Crippen LogP contribution in [0.25, 0.3) is 33.9 Å². The number of alkyl halides is 3. The molecule has 0 atom stereocenters. The summed E-state index contributed by atoms with van der Waals surface area (Å²) in [6, 6.07) is 9.25. The monoisotopic (exact) mass is 439 g/mol. The van der Waals surface area contributed by atoms with Gasteiger partial charge in [-0.1, -0.05) is 0 Å². The van der Waals surface area contributed by atoms with Gasteiger partial charge >= 0.3 is 6.18 Å². The van der Waals surface area contributed by atoms with Gasteiger partial charge in [0.1, 0.15) is 29.7 Å². The minimum Gasteiger partial charge on any atom is -0.339 e. The van der Waals surface area contributed by atoms with Gasteiger partial charge in [0.05, 0.1) is 23.0 Å². The minimum absolute atomic E-state index is 0.0593. The molecule has 160 valence electrons. The van der Waals surface area contributed by atoms with Crippen molar-refractivity contribution >= 4 is 11.5 Å². The number of nitrogens with one attached hydrogen (secondary N) is 2. The highest BCUT2D eigenvalue weighted by molar-refractivity contribution is 5.95. The first kappa shape index (κ1) is 19.7. The van der Waals surface area contributed by atoms with Gasteiger partial charge < -0.3 is 10.3 Å². The normalized spacial score (nSPS) is 12.2. The molecule has 0 unspecified atom stereocenters. The van der Waals surface area contributed by atoms with Gasteiger partial charge in [0.25, 0.3) is 0 Å². The molecular weight excluding hydrogens is 426 g/mol. The van der Waals surface area contributed by atoms with E-state index in [1.54, 1.807) is 18.3 Å². The third-order valence-electron chi connectivity index (χ3n) is 5.20. The summed E-state index contributed by atoms with van der Waals surface area (Å²) < 4.78 is 56.2.